The number of fused-ring (bicyclic) bond motifs is 1. The molecule has 1 fully saturated rings. The highest BCUT2D eigenvalue weighted by Crippen LogP contribution is 2.14. The van der Waals surface area contributed by atoms with Crippen molar-refractivity contribution in [2.45, 2.75) is 13.1 Å². The minimum Gasteiger partial charge on any atom is -0.476 e. The van der Waals surface area contributed by atoms with Crippen LogP contribution >= 0.6 is 0 Å². The SMILES string of the molecule is O=C(O)c1nn(CC(=O)N2CCN(Cc3ccccc3)CC2)c(=O)c2ccccc12. The molecule has 2 aromatic carbocycles. The van der Waals surface area contributed by atoms with Gasteiger partial charge in [0.2, 0.25) is 5.91 Å². The van der Waals surface area contributed by atoms with Gasteiger partial charge < -0.3 is 10.0 Å². The summed E-state index contributed by atoms with van der Waals surface area (Å²) in [5.41, 5.74) is 0.530. The first-order chi connectivity index (χ1) is 14.5. The molecule has 1 N–H and O–H groups in total. The van der Waals surface area contributed by atoms with Crippen molar-refractivity contribution in [3.8, 4) is 0 Å². The minimum absolute atomic E-state index is 0.231. The Labute approximate surface area is 173 Å². The summed E-state index contributed by atoms with van der Waals surface area (Å²) >= 11 is 0. The van der Waals surface area contributed by atoms with Crippen LogP contribution in [0.4, 0.5) is 0 Å². The third kappa shape index (κ3) is 4.08. The van der Waals surface area contributed by atoms with Crippen molar-refractivity contribution in [1.29, 1.82) is 0 Å². The quantitative estimate of drug-likeness (QED) is 0.689. The first kappa shape index (κ1) is 19.8. The van der Waals surface area contributed by atoms with E-state index in [9.17, 15) is 19.5 Å². The Kier molecular flexibility index (Phi) is 5.58. The zero-order valence-corrected chi connectivity index (χ0v) is 16.4. The summed E-state index contributed by atoms with van der Waals surface area (Å²) in [5, 5.41) is 13.9. The largest absolute Gasteiger partial charge is 0.476 e. The lowest BCUT2D eigenvalue weighted by atomic mass is 10.1. The topological polar surface area (TPSA) is 95.7 Å². The molecular weight excluding hydrogens is 384 g/mol. The fraction of sp³-hybridized carbons (Fsp3) is 0.273. The maximum absolute atomic E-state index is 12.8. The van der Waals surface area contributed by atoms with Gasteiger partial charge >= 0.3 is 5.97 Å². The zero-order chi connectivity index (χ0) is 21.1. The number of hydrogen-bond donors (Lipinski definition) is 1. The Hall–Kier alpha value is -3.52. The van der Waals surface area contributed by atoms with E-state index in [0.717, 1.165) is 24.3 Å². The van der Waals surface area contributed by atoms with E-state index in [-0.39, 0.29) is 28.9 Å². The van der Waals surface area contributed by atoms with Gasteiger partial charge in [0.1, 0.15) is 6.54 Å². The second-order valence-corrected chi connectivity index (χ2v) is 7.30. The molecule has 1 aromatic heterocycles. The maximum Gasteiger partial charge on any atom is 0.357 e. The number of benzene rings is 2. The van der Waals surface area contributed by atoms with Crippen LogP contribution in [-0.2, 0) is 17.9 Å². The van der Waals surface area contributed by atoms with E-state index in [4.69, 9.17) is 0 Å². The fourth-order valence-corrected chi connectivity index (χ4v) is 3.73. The molecule has 4 rings (SSSR count). The molecule has 8 heteroatoms. The Morgan fingerprint density at radius 2 is 1.53 bits per heavy atom. The third-order valence-electron chi connectivity index (χ3n) is 5.33. The average Bonchev–Trinajstić information content (AvgIpc) is 2.76. The molecule has 0 saturated carbocycles. The summed E-state index contributed by atoms with van der Waals surface area (Å²) in [5.74, 6) is -1.47. The van der Waals surface area contributed by atoms with E-state index in [0.29, 0.717) is 13.1 Å². The lowest BCUT2D eigenvalue weighted by Gasteiger charge is -2.34. The summed E-state index contributed by atoms with van der Waals surface area (Å²) < 4.78 is 0.963. The fourth-order valence-electron chi connectivity index (χ4n) is 3.73. The Balaban J connectivity index is 1.46. The first-order valence-corrected chi connectivity index (χ1v) is 9.80. The van der Waals surface area contributed by atoms with Crippen LogP contribution in [0.2, 0.25) is 0 Å². The molecule has 8 nitrogen and oxygen atoms in total. The van der Waals surface area contributed by atoms with Gasteiger partial charge in [-0.15, -0.1) is 0 Å². The van der Waals surface area contributed by atoms with Crippen LogP contribution in [0.15, 0.2) is 59.4 Å². The highest BCUT2D eigenvalue weighted by molar-refractivity contribution is 6.01. The molecule has 1 aliphatic rings. The number of carboxylic acid groups (broad SMARTS) is 1. The van der Waals surface area contributed by atoms with Gasteiger partial charge in [0, 0.05) is 38.1 Å². The maximum atomic E-state index is 12.8. The Morgan fingerprint density at radius 1 is 0.900 bits per heavy atom. The second kappa shape index (κ2) is 8.46. The molecule has 3 aromatic rings. The van der Waals surface area contributed by atoms with Gasteiger partial charge in [-0.2, -0.15) is 5.10 Å². The van der Waals surface area contributed by atoms with Gasteiger partial charge in [-0.25, -0.2) is 9.48 Å². The van der Waals surface area contributed by atoms with E-state index in [1.165, 1.54) is 5.56 Å². The molecular formula is C22H22N4O4. The molecule has 154 valence electrons. The van der Waals surface area contributed by atoms with Crippen LogP contribution in [0.5, 0.6) is 0 Å². The molecule has 1 saturated heterocycles. The minimum atomic E-state index is -1.23. The smallest absolute Gasteiger partial charge is 0.357 e. The number of aromatic nitrogens is 2. The van der Waals surface area contributed by atoms with Crippen molar-refractivity contribution in [2.24, 2.45) is 0 Å². The number of hydrogen-bond acceptors (Lipinski definition) is 5. The summed E-state index contributed by atoms with van der Waals surface area (Å²) in [6.07, 6.45) is 0. The molecule has 0 spiro atoms. The molecule has 1 amide bonds. The molecule has 1 aliphatic heterocycles. The lowest BCUT2D eigenvalue weighted by Crippen LogP contribution is -2.49. The van der Waals surface area contributed by atoms with E-state index < -0.39 is 11.5 Å². The van der Waals surface area contributed by atoms with Crippen molar-refractivity contribution < 1.29 is 14.7 Å². The van der Waals surface area contributed by atoms with Crippen LogP contribution in [0.25, 0.3) is 10.8 Å². The molecule has 0 bridgehead atoms. The van der Waals surface area contributed by atoms with Gasteiger partial charge in [0.15, 0.2) is 5.69 Å². The Bertz CT molecular complexity index is 1130. The first-order valence-electron chi connectivity index (χ1n) is 9.80. The van der Waals surface area contributed by atoms with Gasteiger partial charge in [-0.1, -0.05) is 48.5 Å². The van der Waals surface area contributed by atoms with Gasteiger partial charge in [0.25, 0.3) is 5.56 Å². The van der Waals surface area contributed by atoms with E-state index >= 15 is 0 Å². The lowest BCUT2D eigenvalue weighted by molar-refractivity contribution is -0.133. The van der Waals surface area contributed by atoms with Crippen molar-refractivity contribution in [3.05, 3.63) is 76.2 Å². The van der Waals surface area contributed by atoms with Crippen LogP contribution in [0.3, 0.4) is 0 Å². The number of rotatable bonds is 5. The van der Waals surface area contributed by atoms with E-state index in [2.05, 4.69) is 22.1 Å². The number of carboxylic acids is 1. The van der Waals surface area contributed by atoms with Crippen molar-refractivity contribution in [1.82, 2.24) is 19.6 Å². The Morgan fingerprint density at radius 3 is 2.20 bits per heavy atom. The van der Waals surface area contributed by atoms with Gasteiger partial charge in [-0.05, 0) is 11.6 Å². The zero-order valence-electron chi connectivity index (χ0n) is 16.4. The van der Waals surface area contributed by atoms with Crippen LogP contribution in [0, 0.1) is 0 Å². The highest BCUT2D eigenvalue weighted by Gasteiger charge is 2.23. The van der Waals surface area contributed by atoms with Crippen LogP contribution in [0.1, 0.15) is 16.1 Å². The predicted molar refractivity (Wildman–Crippen MR) is 111 cm³/mol. The summed E-state index contributed by atoms with van der Waals surface area (Å²) in [6, 6.07) is 16.6. The number of carbonyl (C=O) groups is 2. The second-order valence-electron chi connectivity index (χ2n) is 7.30. The van der Waals surface area contributed by atoms with Gasteiger partial charge in [0.05, 0.1) is 5.39 Å². The van der Waals surface area contributed by atoms with Crippen LogP contribution < -0.4 is 5.56 Å². The molecule has 0 unspecified atom stereocenters. The summed E-state index contributed by atoms with van der Waals surface area (Å²) in [4.78, 5) is 41.0. The van der Waals surface area contributed by atoms with Crippen LogP contribution in [-0.4, -0.2) is 62.7 Å². The van der Waals surface area contributed by atoms with Crippen molar-refractivity contribution >= 4 is 22.6 Å². The monoisotopic (exact) mass is 406 g/mol. The van der Waals surface area contributed by atoms with E-state index in [1.54, 1.807) is 29.2 Å². The summed E-state index contributed by atoms with van der Waals surface area (Å²) in [6.45, 7) is 3.14. The number of piperazine rings is 1. The average molecular weight is 406 g/mol. The van der Waals surface area contributed by atoms with Crippen molar-refractivity contribution in [3.63, 3.8) is 0 Å². The molecule has 0 radical (unpaired) electrons. The molecule has 0 aliphatic carbocycles. The molecule has 0 atom stereocenters. The van der Waals surface area contributed by atoms with Gasteiger partial charge in [-0.3, -0.25) is 14.5 Å². The normalized spacial score (nSPS) is 14.7. The third-order valence-corrected chi connectivity index (χ3v) is 5.33. The predicted octanol–water partition coefficient (Wildman–Crippen LogP) is 1.44. The standard InChI is InChI=1S/C22H22N4O4/c27-19(25-12-10-24(11-13-25)14-16-6-2-1-3-7-16)15-26-21(28)18-9-5-4-8-17(18)20(23-26)22(29)30/h1-9H,10-15H2,(H,29,30). The highest BCUT2D eigenvalue weighted by atomic mass is 16.4. The molecule has 30 heavy (non-hydrogen) atoms. The molecule has 2 heterocycles. The number of amides is 1. The van der Waals surface area contributed by atoms with E-state index in [1.807, 2.05) is 18.2 Å². The number of carbonyl (C=O) groups excluding carboxylic acids is 1. The summed E-state index contributed by atoms with van der Waals surface area (Å²) in [7, 11) is 0. The van der Waals surface area contributed by atoms with Crippen molar-refractivity contribution in [2.75, 3.05) is 26.2 Å². The number of nitrogens with zero attached hydrogens (tertiary/aromatic N) is 4. The number of aromatic carboxylic acids is 1.